The molecule has 0 bridgehead atoms. The molecule has 48 heavy (non-hydrogen) atoms. The van der Waals surface area contributed by atoms with E-state index in [1.165, 1.54) is 0 Å². The van der Waals surface area contributed by atoms with E-state index in [0.29, 0.717) is 38.5 Å². The summed E-state index contributed by atoms with van der Waals surface area (Å²) in [5.41, 5.74) is 0. The maximum Gasteiger partial charge on any atom is 0.473 e. The Balaban J connectivity index is 3.99. The number of phosphoric acid groups is 3. The second-order valence-electron chi connectivity index (χ2n) is 10.2. The van der Waals surface area contributed by atoms with Gasteiger partial charge in [0.25, 0.3) is 0 Å². The second-order valence-corrected chi connectivity index (χ2v) is 14.4. The molecule has 0 spiro atoms. The third-order valence-electron chi connectivity index (χ3n) is 6.19. The van der Waals surface area contributed by atoms with Gasteiger partial charge in [0, 0.05) is 19.8 Å². The number of hydrogen-bond acceptors (Lipinski definition) is 15. The lowest BCUT2D eigenvalue weighted by atomic mass is 9.84. The smallest absolute Gasteiger partial charge is 0.473 e. The number of carbonyl (C=O) groups is 3. The zero-order valence-corrected chi connectivity index (χ0v) is 29.3. The normalized spacial score (nSPS) is 26.6. The number of ether oxygens (including phenoxy) is 3. The highest BCUT2D eigenvalue weighted by Crippen LogP contribution is 2.55. The maximum absolute atomic E-state index is 13.0. The average molecular weight is 763 g/mol. The van der Waals surface area contributed by atoms with E-state index in [-0.39, 0.29) is 19.8 Å². The Morgan fingerprint density at radius 3 is 0.938 bits per heavy atom. The standard InChI is InChI=1S/C24H45O21P3/c1-4-7-10-37-19-20(38-11-8-5-2)22(43-46(31,32)40-13-16(25)26)24(45-48(35,36)42-15-18(29)30)23(21(19)39-12-9-6-3)44-47(33,34)41-14-17(27)28/h19-24H,4-15H2,1-3H3,(H,25,26)(H,27,28)(H,29,30)(H,31,32)(H,33,34)(H,35,36). The van der Waals surface area contributed by atoms with Gasteiger partial charge in [-0.1, -0.05) is 40.0 Å². The van der Waals surface area contributed by atoms with Gasteiger partial charge in [0.15, 0.2) is 19.8 Å². The number of phosphoric ester groups is 3. The number of rotatable bonds is 27. The summed E-state index contributed by atoms with van der Waals surface area (Å²) in [5, 5.41) is 26.9. The molecule has 1 saturated carbocycles. The molecule has 7 atom stereocenters. The molecule has 0 aromatic carbocycles. The summed E-state index contributed by atoms with van der Waals surface area (Å²) in [6.45, 7) is 1.12. The Labute approximate surface area is 276 Å². The molecule has 1 rings (SSSR count). The quantitative estimate of drug-likeness (QED) is 0.0516. The number of aliphatic carboxylic acids is 3. The fourth-order valence-corrected chi connectivity index (χ4v) is 6.75. The van der Waals surface area contributed by atoms with Gasteiger partial charge in [0.2, 0.25) is 0 Å². The van der Waals surface area contributed by atoms with Crippen molar-refractivity contribution in [1.82, 2.24) is 0 Å². The minimum absolute atomic E-state index is 0.0216. The summed E-state index contributed by atoms with van der Waals surface area (Å²) in [6, 6.07) is 0. The van der Waals surface area contributed by atoms with Crippen LogP contribution >= 0.6 is 23.5 Å². The molecule has 0 radical (unpaired) electrons. The lowest BCUT2D eigenvalue weighted by Gasteiger charge is -2.49. The highest BCUT2D eigenvalue weighted by atomic mass is 31.2. The molecule has 7 unspecified atom stereocenters. The highest BCUT2D eigenvalue weighted by Gasteiger charge is 2.60. The topological polar surface area (TPSA) is 307 Å². The number of carboxylic acid groups (broad SMARTS) is 3. The fraction of sp³-hybridized carbons (Fsp3) is 0.875. The predicted molar refractivity (Wildman–Crippen MR) is 159 cm³/mol. The SMILES string of the molecule is CCCCOC1C(OCCCC)C(OP(=O)(O)OCC(=O)O)C(OP(=O)(O)OCC(=O)O)C(OP(=O)(O)OCC(=O)O)C1OCCCC. The molecule has 0 aliphatic heterocycles. The molecular weight excluding hydrogens is 717 g/mol. The van der Waals surface area contributed by atoms with Crippen LogP contribution in [0.3, 0.4) is 0 Å². The van der Waals surface area contributed by atoms with Crippen LogP contribution in [-0.2, 0) is 69.4 Å². The van der Waals surface area contributed by atoms with Gasteiger partial charge in [0.1, 0.15) is 36.6 Å². The zero-order valence-electron chi connectivity index (χ0n) is 26.6. The van der Waals surface area contributed by atoms with E-state index in [9.17, 15) is 42.8 Å². The minimum Gasteiger partial charge on any atom is -0.480 e. The van der Waals surface area contributed by atoms with Crippen molar-refractivity contribution in [3.63, 3.8) is 0 Å². The lowest BCUT2D eigenvalue weighted by molar-refractivity contribution is -0.249. The van der Waals surface area contributed by atoms with Crippen molar-refractivity contribution in [2.24, 2.45) is 0 Å². The molecule has 1 fully saturated rings. The van der Waals surface area contributed by atoms with Gasteiger partial charge in [0.05, 0.1) is 0 Å². The average Bonchev–Trinajstić information content (AvgIpc) is 2.98. The Morgan fingerprint density at radius 2 is 0.708 bits per heavy atom. The van der Waals surface area contributed by atoms with Crippen LogP contribution in [-0.4, -0.2) is 124 Å². The Bertz CT molecular complexity index is 1090. The molecule has 6 N–H and O–H groups in total. The summed E-state index contributed by atoms with van der Waals surface area (Å²) in [7, 11) is -16.5. The largest absolute Gasteiger partial charge is 0.480 e. The van der Waals surface area contributed by atoms with E-state index < -0.39 is 97.8 Å². The van der Waals surface area contributed by atoms with Crippen molar-refractivity contribution in [3.8, 4) is 0 Å². The first kappa shape index (κ1) is 44.6. The molecule has 0 amide bonds. The third-order valence-corrected chi connectivity index (χ3v) is 9.08. The van der Waals surface area contributed by atoms with Crippen LogP contribution < -0.4 is 0 Å². The van der Waals surface area contributed by atoms with Crippen molar-refractivity contribution in [3.05, 3.63) is 0 Å². The van der Waals surface area contributed by atoms with E-state index in [1.54, 1.807) is 13.8 Å². The van der Waals surface area contributed by atoms with Crippen molar-refractivity contribution in [2.45, 2.75) is 95.9 Å². The first-order valence-corrected chi connectivity index (χ1v) is 19.3. The Morgan fingerprint density at radius 1 is 0.479 bits per heavy atom. The molecule has 24 heteroatoms. The minimum atomic E-state index is -5.55. The van der Waals surface area contributed by atoms with Crippen molar-refractivity contribution in [1.29, 1.82) is 0 Å². The van der Waals surface area contributed by atoms with E-state index >= 15 is 0 Å². The van der Waals surface area contributed by atoms with Crippen LogP contribution in [0.4, 0.5) is 0 Å². The highest BCUT2D eigenvalue weighted by molar-refractivity contribution is 7.48. The van der Waals surface area contributed by atoms with Gasteiger partial charge >= 0.3 is 41.4 Å². The lowest BCUT2D eigenvalue weighted by Crippen LogP contribution is -2.67. The van der Waals surface area contributed by atoms with Crippen LogP contribution in [0.15, 0.2) is 0 Å². The van der Waals surface area contributed by atoms with Crippen LogP contribution in [0, 0.1) is 0 Å². The first-order chi connectivity index (χ1) is 22.4. The van der Waals surface area contributed by atoms with Crippen LogP contribution in [0.1, 0.15) is 59.3 Å². The van der Waals surface area contributed by atoms with Crippen LogP contribution in [0.25, 0.3) is 0 Å². The molecule has 0 aromatic rings. The van der Waals surface area contributed by atoms with Crippen molar-refractivity contribution in [2.75, 3.05) is 39.6 Å². The molecule has 0 heterocycles. The van der Waals surface area contributed by atoms with Gasteiger partial charge in [-0.05, 0) is 19.3 Å². The van der Waals surface area contributed by atoms with Gasteiger partial charge in [-0.3, -0.25) is 27.1 Å². The van der Waals surface area contributed by atoms with E-state index in [0.717, 1.165) is 0 Å². The molecule has 0 aromatic heterocycles. The summed E-state index contributed by atoms with van der Waals surface area (Å²) >= 11 is 0. The predicted octanol–water partition coefficient (Wildman–Crippen LogP) is 2.32. The Kier molecular flexibility index (Phi) is 20.2. The first-order valence-electron chi connectivity index (χ1n) is 14.9. The van der Waals surface area contributed by atoms with E-state index in [1.807, 2.05) is 6.92 Å². The monoisotopic (exact) mass is 762 g/mol. The molecule has 0 saturated heterocycles. The fourth-order valence-electron chi connectivity index (χ4n) is 4.10. The molecule has 282 valence electrons. The number of hydrogen-bond donors (Lipinski definition) is 6. The van der Waals surface area contributed by atoms with Crippen LogP contribution in [0.5, 0.6) is 0 Å². The number of carboxylic acids is 3. The van der Waals surface area contributed by atoms with Gasteiger partial charge in [-0.25, -0.2) is 28.1 Å². The number of unbranched alkanes of at least 4 members (excludes halogenated alkanes) is 3. The zero-order chi connectivity index (χ0) is 36.5. The van der Waals surface area contributed by atoms with E-state index in [2.05, 4.69) is 13.6 Å². The molecule has 1 aliphatic carbocycles. The van der Waals surface area contributed by atoms with Crippen molar-refractivity contribution < 1.29 is 99.4 Å². The Hall–Kier alpha value is -1.38. The molecule has 1 aliphatic rings. The van der Waals surface area contributed by atoms with E-state index in [4.69, 9.17) is 43.1 Å². The van der Waals surface area contributed by atoms with Crippen LogP contribution in [0.2, 0.25) is 0 Å². The summed E-state index contributed by atoms with van der Waals surface area (Å²) in [5.74, 6) is -5.10. The van der Waals surface area contributed by atoms with Gasteiger partial charge in [-0.2, -0.15) is 0 Å². The van der Waals surface area contributed by atoms with Gasteiger partial charge < -0.3 is 44.2 Å². The summed E-state index contributed by atoms with van der Waals surface area (Å²) in [4.78, 5) is 64.7. The summed E-state index contributed by atoms with van der Waals surface area (Å²) < 4.78 is 86.2. The summed E-state index contributed by atoms with van der Waals surface area (Å²) in [6.07, 6.45) is -8.41. The maximum atomic E-state index is 13.0. The van der Waals surface area contributed by atoms with Gasteiger partial charge in [-0.15, -0.1) is 0 Å². The van der Waals surface area contributed by atoms with Crippen molar-refractivity contribution >= 4 is 41.4 Å². The molecule has 21 nitrogen and oxygen atoms in total. The third kappa shape index (κ3) is 17.0. The second kappa shape index (κ2) is 21.8. The molecular formula is C24H45O21P3.